The minimum absolute atomic E-state index is 0.313. The molecule has 1 aromatic heterocycles. The first-order valence-electron chi connectivity index (χ1n) is 4.76. The second-order valence-corrected chi connectivity index (χ2v) is 3.56. The standard InChI is InChI=1S/C11H9FN2O/c12-6-1-2-7-9(5-6)14-11(13)8-3-4-15-10(7)8/h1-2,5H,3-4H2,(H2,13,14). The normalized spacial score (nSPS) is 13.9. The monoisotopic (exact) mass is 204 g/mol. The summed E-state index contributed by atoms with van der Waals surface area (Å²) in [6.45, 7) is 0.623. The molecule has 0 unspecified atom stereocenters. The van der Waals surface area contributed by atoms with Crippen LogP contribution in [0.1, 0.15) is 5.56 Å². The van der Waals surface area contributed by atoms with E-state index in [2.05, 4.69) is 4.98 Å². The molecule has 0 saturated carbocycles. The number of halogens is 1. The van der Waals surface area contributed by atoms with Crippen LogP contribution in [0.5, 0.6) is 5.75 Å². The molecule has 0 saturated heterocycles. The smallest absolute Gasteiger partial charge is 0.135 e. The first-order valence-corrected chi connectivity index (χ1v) is 4.76. The van der Waals surface area contributed by atoms with E-state index < -0.39 is 0 Å². The van der Waals surface area contributed by atoms with Crippen LogP contribution in [0.4, 0.5) is 10.2 Å². The lowest BCUT2D eigenvalue weighted by Gasteiger charge is -2.06. The Morgan fingerprint density at radius 1 is 1.40 bits per heavy atom. The van der Waals surface area contributed by atoms with Crippen molar-refractivity contribution in [3.05, 3.63) is 29.6 Å². The van der Waals surface area contributed by atoms with Gasteiger partial charge in [0.05, 0.1) is 12.1 Å². The number of ether oxygens (including phenoxy) is 1. The van der Waals surface area contributed by atoms with Gasteiger partial charge in [0.2, 0.25) is 0 Å². The molecule has 76 valence electrons. The van der Waals surface area contributed by atoms with E-state index in [1.165, 1.54) is 12.1 Å². The SMILES string of the molecule is Nc1nc2cc(F)ccc2c2c1CCO2. The summed E-state index contributed by atoms with van der Waals surface area (Å²) < 4.78 is 18.5. The fourth-order valence-corrected chi connectivity index (χ4v) is 1.93. The highest BCUT2D eigenvalue weighted by Crippen LogP contribution is 2.36. The second-order valence-electron chi connectivity index (χ2n) is 3.56. The molecule has 1 aliphatic heterocycles. The Hall–Kier alpha value is -1.84. The first kappa shape index (κ1) is 8.47. The van der Waals surface area contributed by atoms with Crippen LogP contribution >= 0.6 is 0 Å². The number of nitrogens with two attached hydrogens (primary N) is 1. The van der Waals surface area contributed by atoms with E-state index in [-0.39, 0.29) is 5.82 Å². The van der Waals surface area contributed by atoms with Gasteiger partial charge in [-0.05, 0) is 12.1 Å². The molecular weight excluding hydrogens is 195 g/mol. The number of hydrogen-bond donors (Lipinski definition) is 1. The van der Waals surface area contributed by atoms with E-state index in [9.17, 15) is 4.39 Å². The number of hydrogen-bond acceptors (Lipinski definition) is 3. The Balaban J connectivity index is 2.43. The molecule has 2 aromatic rings. The van der Waals surface area contributed by atoms with Crippen molar-refractivity contribution < 1.29 is 9.13 Å². The molecule has 0 spiro atoms. The Kier molecular flexibility index (Phi) is 1.59. The highest BCUT2D eigenvalue weighted by molar-refractivity contribution is 5.89. The highest BCUT2D eigenvalue weighted by atomic mass is 19.1. The van der Waals surface area contributed by atoms with Crippen LogP contribution in [-0.2, 0) is 6.42 Å². The topological polar surface area (TPSA) is 48.1 Å². The summed E-state index contributed by atoms with van der Waals surface area (Å²) in [7, 11) is 0. The van der Waals surface area contributed by atoms with Gasteiger partial charge < -0.3 is 10.5 Å². The van der Waals surface area contributed by atoms with Crippen molar-refractivity contribution in [3.63, 3.8) is 0 Å². The Bertz CT molecular complexity index is 554. The fraction of sp³-hybridized carbons (Fsp3) is 0.182. The number of benzene rings is 1. The summed E-state index contributed by atoms with van der Waals surface area (Å²) in [6.07, 6.45) is 0.779. The van der Waals surface area contributed by atoms with E-state index in [0.717, 1.165) is 23.1 Å². The molecule has 2 N–H and O–H groups in total. The largest absolute Gasteiger partial charge is 0.492 e. The molecule has 0 bridgehead atoms. The zero-order valence-electron chi connectivity index (χ0n) is 7.96. The van der Waals surface area contributed by atoms with E-state index in [4.69, 9.17) is 10.5 Å². The maximum atomic E-state index is 13.0. The fourth-order valence-electron chi connectivity index (χ4n) is 1.93. The minimum Gasteiger partial charge on any atom is -0.492 e. The summed E-state index contributed by atoms with van der Waals surface area (Å²) in [6, 6.07) is 4.46. The maximum absolute atomic E-state index is 13.0. The molecule has 2 heterocycles. The van der Waals surface area contributed by atoms with Crippen LogP contribution in [0.2, 0.25) is 0 Å². The molecule has 1 aliphatic rings. The molecular formula is C11H9FN2O. The third kappa shape index (κ3) is 1.14. The molecule has 0 aliphatic carbocycles. The maximum Gasteiger partial charge on any atom is 0.135 e. The number of rotatable bonds is 0. The van der Waals surface area contributed by atoms with Gasteiger partial charge in [0.15, 0.2) is 0 Å². The van der Waals surface area contributed by atoms with Crippen LogP contribution in [-0.4, -0.2) is 11.6 Å². The number of pyridine rings is 1. The lowest BCUT2D eigenvalue weighted by Crippen LogP contribution is -1.96. The van der Waals surface area contributed by atoms with Crippen molar-refractivity contribution in [2.24, 2.45) is 0 Å². The van der Waals surface area contributed by atoms with Crippen molar-refractivity contribution in [1.29, 1.82) is 0 Å². The molecule has 3 nitrogen and oxygen atoms in total. The number of nitrogens with zero attached hydrogens (tertiary/aromatic N) is 1. The summed E-state index contributed by atoms with van der Waals surface area (Å²) in [5.74, 6) is 0.894. The molecule has 1 aromatic carbocycles. The van der Waals surface area contributed by atoms with Gasteiger partial charge in [0.1, 0.15) is 17.4 Å². The first-order chi connectivity index (χ1) is 7.25. The number of aromatic nitrogens is 1. The lowest BCUT2D eigenvalue weighted by molar-refractivity contribution is 0.360. The second kappa shape index (κ2) is 2.82. The van der Waals surface area contributed by atoms with Gasteiger partial charge in [-0.3, -0.25) is 0 Å². The zero-order chi connectivity index (χ0) is 10.4. The van der Waals surface area contributed by atoms with Crippen molar-refractivity contribution in [2.45, 2.75) is 6.42 Å². The van der Waals surface area contributed by atoms with Gasteiger partial charge in [-0.1, -0.05) is 0 Å². The average Bonchev–Trinajstić information content (AvgIpc) is 2.66. The lowest BCUT2D eigenvalue weighted by atomic mass is 10.1. The van der Waals surface area contributed by atoms with Gasteiger partial charge in [0, 0.05) is 23.4 Å². The zero-order valence-corrected chi connectivity index (χ0v) is 7.96. The minimum atomic E-state index is -0.313. The van der Waals surface area contributed by atoms with Crippen molar-refractivity contribution in [2.75, 3.05) is 12.3 Å². The predicted octanol–water partition coefficient (Wildman–Crippen LogP) is 1.89. The van der Waals surface area contributed by atoms with Crippen molar-refractivity contribution in [1.82, 2.24) is 4.98 Å². The van der Waals surface area contributed by atoms with Gasteiger partial charge in [-0.2, -0.15) is 0 Å². The van der Waals surface area contributed by atoms with E-state index >= 15 is 0 Å². The van der Waals surface area contributed by atoms with Crippen LogP contribution in [0.3, 0.4) is 0 Å². The Morgan fingerprint density at radius 2 is 2.27 bits per heavy atom. The van der Waals surface area contributed by atoms with Gasteiger partial charge in [-0.15, -0.1) is 0 Å². The highest BCUT2D eigenvalue weighted by Gasteiger charge is 2.19. The van der Waals surface area contributed by atoms with E-state index in [1.54, 1.807) is 6.07 Å². The third-order valence-corrected chi connectivity index (χ3v) is 2.63. The van der Waals surface area contributed by atoms with Gasteiger partial charge in [0.25, 0.3) is 0 Å². The summed E-state index contributed by atoms with van der Waals surface area (Å²) in [4.78, 5) is 4.17. The quantitative estimate of drug-likeness (QED) is 0.712. The Labute approximate surface area is 85.7 Å². The number of fused-ring (bicyclic) bond motifs is 3. The molecule has 0 atom stereocenters. The predicted molar refractivity (Wildman–Crippen MR) is 55.3 cm³/mol. The van der Waals surface area contributed by atoms with E-state index in [0.29, 0.717) is 17.9 Å². The Morgan fingerprint density at radius 3 is 3.13 bits per heavy atom. The molecule has 0 amide bonds. The van der Waals surface area contributed by atoms with Crippen LogP contribution in [0.15, 0.2) is 18.2 Å². The molecule has 0 radical (unpaired) electrons. The molecule has 0 fully saturated rings. The average molecular weight is 204 g/mol. The van der Waals surface area contributed by atoms with E-state index in [1.807, 2.05) is 0 Å². The summed E-state index contributed by atoms with van der Waals surface area (Å²) in [5.41, 5.74) is 7.26. The van der Waals surface area contributed by atoms with Gasteiger partial charge in [-0.25, -0.2) is 9.37 Å². The van der Waals surface area contributed by atoms with Gasteiger partial charge >= 0.3 is 0 Å². The number of anilines is 1. The summed E-state index contributed by atoms with van der Waals surface area (Å²) >= 11 is 0. The van der Waals surface area contributed by atoms with Crippen LogP contribution in [0.25, 0.3) is 10.9 Å². The third-order valence-electron chi connectivity index (χ3n) is 2.63. The molecule has 15 heavy (non-hydrogen) atoms. The summed E-state index contributed by atoms with van der Waals surface area (Å²) in [5, 5.41) is 0.832. The van der Waals surface area contributed by atoms with Crippen LogP contribution < -0.4 is 10.5 Å². The number of nitrogen functional groups attached to an aromatic ring is 1. The molecule has 4 heteroatoms. The van der Waals surface area contributed by atoms with Crippen LogP contribution in [0, 0.1) is 5.82 Å². The van der Waals surface area contributed by atoms with Crippen molar-refractivity contribution >= 4 is 16.7 Å². The molecule has 3 rings (SSSR count). The van der Waals surface area contributed by atoms with Crippen molar-refractivity contribution in [3.8, 4) is 5.75 Å².